The van der Waals surface area contributed by atoms with E-state index in [0.717, 1.165) is 38.3 Å². The van der Waals surface area contributed by atoms with E-state index in [9.17, 15) is 26.4 Å². The van der Waals surface area contributed by atoms with Crippen LogP contribution in [0.4, 0.5) is 13.2 Å². The number of sulfonamides is 1. The van der Waals surface area contributed by atoms with Crippen LogP contribution in [0.2, 0.25) is 0 Å². The Hall–Kier alpha value is -3.00. The number of carboxylic acids is 1. The monoisotopic (exact) mass is 598 g/mol. The van der Waals surface area contributed by atoms with Gasteiger partial charge in [-0.3, -0.25) is 9.69 Å². The number of hydrogen-bond donors (Lipinski definition) is 2. The van der Waals surface area contributed by atoms with Crippen LogP contribution >= 0.6 is 0 Å². The number of carbonyl (C=O) groups is 2. The summed E-state index contributed by atoms with van der Waals surface area (Å²) in [6.07, 6.45) is -3.66. The first-order valence-corrected chi connectivity index (χ1v) is 14.9. The molecule has 0 saturated carbocycles. The van der Waals surface area contributed by atoms with Gasteiger partial charge < -0.3 is 15.3 Å². The zero-order chi connectivity index (χ0) is 30.2. The molecule has 9 nitrogen and oxygen atoms in total. The van der Waals surface area contributed by atoms with Crippen LogP contribution in [-0.2, 0) is 26.2 Å². The second-order valence-electron chi connectivity index (χ2n) is 10.2. The van der Waals surface area contributed by atoms with E-state index in [1.165, 1.54) is 9.87 Å². The fourth-order valence-corrected chi connectivity index (χ4v) is 6.82. The van der Waals surface area contributed by atoms with Crippen LogP contribution < -0.4 is 5.32 Å². The Bertz CT molecular complexity index is 1280. The predicted octanol–water partition coefficient (Wildman–Crippen LogP) is 3.02. The van der Waals surface area contributed by atoms with Gasteiger partial charge >= 0.3 is 12.1 Å². The molecule has 1 amide bonds. The molecule has 0 unspecified atom stereocenters. The number of amides is 1. The molecule has 0 aromatic heterocycles. The van der Waals surface area contributed by atoms with Crippen LogP contribution in [-0.4, -0.2) is 97.5 Å². The van der Waals surface area contributed by atoms with Crippen molar-refractivity contribution in [3.8, 4) is 0 Å². The Morgan fingerprint density at radius 2 is 1.59 bits per heavy atom. The first kappa shape index (κ1) is 32.5. The molecule has 2 aromatic rings. The highest BCUT2D eigenvalue weighted by atomic mass is 32.2. The summed E-state index contributed by atoms with van der Waals surface area (Å²) in [6, 6.07) is 15.7. The summed E-state index contributed by atoms with van der Waals surface area (Å²) in [6.45, 7) is 8.82. The Balaban J connectivity index is 0.000000587. The molecule has 4 rings (SSSR count). The molecule has 0 bridgehead atoms. The Morgan fingerprint density at radius 3 is 2.15 bits per heavy atom. The summed E-state index contributed by atoms with van der Waals surface area (Å²) in [4.78, 5) is 26.5. The number of likely N-dealkylation sites (tertiary alicyclic amines) is 1. The number of piperidine rings is 1. The first-order valence-electron chi connectivity index (χ1n) is 13.4. The minimum Gasteiger partial charge on any atom is -0.475 e. The molecule has 13 heteroatoms. The molecule has 2 N–H and O–H groups in total. The third-order valence-corrected chi connectivity index (χ3v) is 9.19. The Kier molecular flexibility index (Phi) is 11.3. The molecule has 2 aliphatic rings. The van der Waals surface area contributed by atoms with Crippen molar-refractivity contribution in [3.05, 3.63) is 65.2 Å². The molecule has 2 heterocycles. The average molecular weight is 599 g/mol. The molecule has 0 aliphatic carbocycles. The van der Waals surface area contributed by atoms with E-state index in [1.807, 2.05) is 44.2 Å². The van der Waals surface area contributed by atoms with E-state index >= 15 is 0 Å². The van der Waals surface area contributed by atoms with E-state index in [0.29, 0.717) is 36.4 Å². The van der Waals surface area contributed by atoms with Crippen molar-refractivity contribution in [2.75, 3.05) is 45.8 Å². The van der Waals surface area contributed by atoms with Crippen molar-refractivity contribution in [3.63, 3.8) is 0 Å². The van der Waals surface area contributed by atoms with Gasteiger partial charge in [0.05, 0.1) is 11.4 Å². The van der Waals surface area contributed by atoms with Gasteiger partial charge in [0.25, 0.3) is 0 Å². The Morgan fingerprint density at radius 1 is 1.00 bits per heavy atom. The van der Waals surface area contributed by atoms with Gasteiger partial charge in [-0.25, -0.2) is 13.2 Å². The standard InChI is InChI=1S/C26H36N4O3S.C2HF3O2/c1-21-8-9-22(2)25(18-21)34(32,33)30(20-26(31)29-16-12-27-13-17-29)24-10-14-28(15-11-24)19-23-6-4-3-5-7-23;3-2(4,5)1(6)7/h3-9,18,24,27H,10-17,19-20H2,1-2H3;(H,6,7). The van der Waals surface area contributed by atoms with E-state index in [2.05, 4.69) is 22.3 Å². The third kappa shape index (κ3) is 9.25. The van der Waals surface area contributed by atoms with Crippen LogP contribution in [0.15, 0.2) is 53.4 Å². The maximum absolute atomic E-state index is 13.9. The molecule has 0 atom stereocenters. The van der Waals surface area contributed by atoms with Crippen molar-refractivity contribution < 1.29 is 36.3 Å². The maximum Gasteiger partial charge on any atom is 0.490 e. The fourth-order valence-electron chi connectivity index (χ4n) is 4.88. The molecular formula is C28H37F3N4O5S. The van der Waals surface area contributed by atoms with Gasteiger partial charge in [0, 0.05) is 51.9 Å². The number of piperazine rings is 1. The zero-order valence-electron chi connectivity index (χ0n) is 23.2. The van der Waals surface area contributed by atoms with Crippen molar-refractivity contribution in [1.29, 1.82) is 0 Å². The van der Waals surface area contributed by atoms with Crippen LogP contribution in [0.3, 0.4) is 0 Å². The highest BCUT2D eigenvalue weighted by Crippen LogP contribution is 2.28. The number of benzene rings is 2. The van der Waals surface area contributed by atoms with Gasteiger partial charge in [-0.05, 0) is 49.4 Å². The van der Waals surface area contributed by atoms with Crippen LogP contribution in [0.1, 0.15) is 29.5 Å². The summed E-state index contributed by atoms with van der Waals surface area (Å²) < 4.78 is 61.1. The highest BCUT2D eigenvalue weighted by molar-refractivity contribution is 7.89. The molecule has 2 aliphatic heterocycles. The van der Waals surface area contributed by atoms with Gasteiger partial charge in [0.2, 0.25) is 15.9 Å². The smallest absolute Gasteiger partial charge is 0.475 e. The van der Waals surface area contributed by atoms with Gasteiger partial charge in [-0.2, -0.15) is 17.5 Å². The van der Waals surface area contributed by atoms with Crippen molar-refractivity contribution in [1.82, 2.24) is 19.4 Å². The number of nitrogens with one attached hydrogen (secondary N) is 1. The lowest BCUT2D eigenvalue weighted by Crippen LogP contribution is -2.53. The Labute approximate surface area is 239 Å². The van der Waals surface area contributed by atoms with Gasteiger partial charge in [0.15, 0.2) is 0 Å². The number of carbonyl (C=O) groups excluding carboxylic acids is 1. The summed E-state index contributed by atoms with van der Waals surface area (Å²) in [5.74, 6) is -2.87. The van der Waals surface area contributed by atoms with Gasteiger partial charge in [-0.15, -0.1) is 0 Å². The second kappa shape index (κ2) is 14.3. The normalized spacial score (nSPS) is 17.2. The lowest BCUT2D eigenvalue weighted by Gasteiger charge is -2.39. The van der Waals surface area contributed by atoms with Crippen molar-refractivity contribution >= 4 is 21.9 Å². The number of hydrogen-bond acceptors (Lipinski definition) is 6. The SMILES string of the molecule is Cc1ccc(C)c(S(=O)(=O)N(CC(=O)N2CCNCC2)C2CCN(Cc3ccccc3)CC2)c1.O=C(O)C(F)(F)F. The summed E-state index contributed by atoms with van der Waals surface area (Å²) in [5.41, 5.74) is 2.87. The largest absolute Gasteiger partial charge is 0.490 e. The van der Waals surface area contributed by atoms with Crippen LogP contribution in [0, 0.1) is 13.8 Å². The van der Waals surface area contributed by atoms with Gasteiger partial charge in [-0.1, -0.05) is 42.5 Å². The minimum atomic E-state index is -5.08. The number of alkyl halides is 3. The number of halogens is 3. The summed E-state index contributed by atoms with van der Waals surface area (Å²) >= 11 is 0. The molecule has 2 saturated heterocycles. The number of aliphatic carboxylic acids is 1. The molecule has 2 aromatic carbocycles. The van der Waals surface area contributed by atoms with Crippen molar-refractivity contribution in [2.45, 2.75) is 50.3 Å². The lowest BCUT2D eigenvalue weighted by molar-refractivity contribution is -0.192. The number of aryl methyl sites for hydroxylation is 2. The van der Waals surface area contributed by atoms with Gasteiger partial charge in [0.1, 0.15) is 0 Å². The van der Waals surface area contributed by atoms with Crippen molar-refractivity contribution in [2.24, 2.45) is 0 Å². The fraction of sp³-hybridized carbons (Fsp3) is 0.500. The number of rotatable bonds is 7. The van der Waals surface area contributed by atoms with Crippen LogP contribution in [0.25, 0.3) is 0 Å². The molecule has 0 radical (unpaired) electrons. The van der Waals surface area contributed by atoms with E-state index in [4.69, 9.17) is 9.90 Å². The minimum absolute atomic E-state index is 0.0981. The highest BCUT2D eigenvalue weighted by Gasteiger charge is 2.38. The summed E-state index contributed by atoms with van der Waals surface area (Å²) in [5, 5.41) is 10.4. The average Bonchev–Trinajstić information content (AvgIpc) is 2.94. The molecule has 41 heavy (non-hydrogen) atoms. The first-order chi connectivity index (χ1) is 19.3. The summed E-state index contributed by atoms with van der Waals surface area (Å²) in [7, 11) is -3.81. The van der Waals surface area contributed by atoms with E-state index < -0.39 is 22.2 Å². The number of carboxylic acid groups (broad SMARTS) is 1. The lowest BCUT2D eigenvalue weighted by atomic mass is 10.0. The maximum atomic E-state index is 13.9. The topological polar surface area (TPSA) is 110 Å². The predicted molar refractivity (Wildman–Crippen MR) is 148 cm³/mol. The zero-order valence-corrected chi connectivity index (χ0v) is 24.0. The quantitative estimate of drug-likeness (QED) is 0.504. The van der Waals surface area contributed by atoms with Crippen LogP contribution in [0.5, 0.6) is 0 Å². The van der Waals surface area contributed by atoms with E-state index in [1.54, 1.807) is 11.0 Å². The second-order valence-corrected chi connectivity index (χ2v) is 12.1. The molecule has 2 fully saturated rings. The third-order valence-electron chi connectivity index (χ3n) is 7.15. The molecular weight excluding hydrogens is 561 g/mol. The van der Waals surface area contributed by atoms with E-state index in [-0.39, 0.29) is 18.5 Å². The number of nitrogens with zero attached hydrogens (tertiary/aromatic N) is 3. The molecule has 226 valence electrons. The molecule has 0 spiro atoms.